The van der Waals surface area contributed by atoms with Crippen LogP contribution in [-0.4, -0.2) is 16.7 Å². The van der Waals surface area contributed by atoms with Gasteiger partial charge in [-0.05, 0) is 19.1 Å². The summed E-state index contributed by atoms with van der Waals surface area (Å²) in [4.78, 5) is 3.00. The van der Waals surface area contributed by atoms with Crippen LogP contribution in [0.4, 0.5) is 0 Å². The summed E-state index contributed by atoms with van der Waals surface area (Å²) < 4.78 is 0. The van der Waals surface area contributed by atoms with Gasteiger partial charge in [0.05, 0.1) is 11.4 Å². The van der Waals surface area contributed by atoms with Gasteiger partial charge in [0.2, 0.25) is 0 Å². The summed E-state index contributed by atoms with van der Waals surface area (Å²) in [5.74, 6) is 0.0842. The fraction of sp³-hybridized carbons (Fsp3) is 0.143. The van der Waals surface area contributed by atoms with E-state index in [1.54, 1.807) is 0 Å². The van der Waals surface area contributed by atoms with Crippen molar-refractivity contribution in [3.63, 3.8) is 0 Å². The number of aromatic amines is 1. The first-order chi connectivity index (χ1) is 5.70. The SMILES string of the molecule is C/C(=N\[NH+]=C(N)N)c1ccc[nH]1. The molecule has 0 aromatic carbocycles. The zero-order chi connectivity index (χ0) is 8.97. The van der Waals surface area contributed by atoms with Crippen molar-refractivity contribution in [2.45, 2.75) is 6.92 Å². The van der Waals surface area contributed by atoms with E-state index in [0.717, 1.165) is 11.4 Å². The van der Waals surface area contributed by atoms with Crippen LogP contribution in [0.15, 0.2) is 23.4 Å². The average molecular weight is 166 g/mol. The minimum absolute atomic E-state index is 0.0842. The number of rotatable bonds is 2. The van der Waals surface area contributed by atoms with Crippen LogP contribution in [0.5, 0.6) is 0 Å². The second-order valence-electron chi connectivity index (χ2n) is 2.35. The van der Waals surface area contributed by atoms with Crippen molar-refractivity contribution >= 4 is 11.7 Å². The number of hydrogen-bond acceptors (Lipinski definition) is 1. The molecule has 1 heterocycles. The van der Waals surface area contributed by atoms with Gasteiger partial charge in [-0.25, -0.2) is 0 Å². The average Bonchev–Trinajstić information content (AvgIpc) is 2.51. The molecule has 0 unspecified atom stereocenters. The summed E-state index contributed by atoms with van der Waals surface area (Å²) in [6, 6.07) is 3.80. The Morgan fingerprint density at radius 3 is 2.83 bits per heavy atom. The summed E-state index contributed by atoms with van der Waals surface area (Å²) in [5.41, 5.74) is 12.1. The number of aromatic nitrogens is 1. The van der Waals surface area contributed by atoms with E-state index in [0.29, 0.717) is 0 Å². The van der Waals surface area contributed by atoms with E-state index in [2.05, 4.69) is 15.2 Å². The molecule has 1 aromatic rings. The molecule has 0 aliphatic rings. The Kier molecular flexibility index (Phi) is 2.47. The van der Waals surface area contributed by atoms with E-state index in [-0.39, 0.29) is 5.96 Å². The lowest BCUT2D eigenvalue weighted by molar-refractivity contribution is -0.464. The van der Waals surface area contributed by atoms with E-state index in [9.17, 15) is 0 Å². The molecule has 0 spiro atoms. The normalized spacial score (nSPS) is 11.2. The van der Waals surface area contributed by atoms with Crippen molar-refractivity contribution in [2.75, 3.05) is 0 Å². The van der Waals surface area contributed by atoms with Gasteiger partial charge in [0.15, 0.2) is 0 Å². The van der Waals surface area contributed by atoms with Gasteiger partial charge in [0.25, 0.3) is 0 Å². The van der Waals surface area contributed by atoms with Gasteiger partial charge in [-0.2, -0.15) is 5.10 Å². The summed E-state index contributed by atoms with van der Waals surface area (Å²) >= 11 is 0. The lowest BCUT2D eigenvalue weighted by Crippen LogP contribution is -2.72. The summed E-state index contributed by atoms with van der Waals surface area (Å²) in [5, 5.41) is 6.39. The molecule has 0 aliphatic carbocycles. The van der Waals surface area contributed by atoms with E-state index in [1.165, 1.54) is 0 Å². The summed E-state index contributed by atoms with van der Waals surface area (Å²) in [6.45, 7) is 1.85. The topological polar surface area (TPSA) is 94.2 Å². The number of hydrogen-bond donors (Lipinski definition) is 4. The summed E-state index contributed by atoms with van der Waals surface area (Å²) in [7, 11) is 0. The monoisotopic (exact) mass is 166 g/mol. The third kappa shape index (κ3) is 2.12. The molecule has 12 heavy (non-hydrogen) atoms. The highest BCUT2D eigenvalue weighted by molar-refractivity contribution is 5.96. The third-order valence-corrected chi connectivity index (χ3v) is 1.34. The van der Waals surface area contributed by atoms with Crippen LogP contribution in [0.2, 0.25) is 0 Å². The molecule has 0 saturated heterocycles. The summed E-state index contributed by atoms with van der Waals surface area (Å²) in [6.07, 6.45) is 1.82. The fourth-order valence-electron chi connectivity index (χ4n) is 0.764. The predicted molar refractivity (Wildman–Crippen MR) is 47.3 cm³/mol. The second kappa shape index (κ2) is 3.56. The van der Waals surface area contributed by atoms with Gasteiger partial charge in [-0.1, -0.05) is 0 Å². The van der Waals surface area contributed by atoms with Gasteiger partial charge in [0, 0.05) is 6.20 Å². The van der Waals surface area contributed by atoms with Gasteiger partial charge in [0.1, 0.15) is 0 Å². The Labute approximate surface area is 70.2 Å². The number of nitrogens with one attached hydrogen (secondary N) is 2. The first-order valence-corrected chi connectivity index (χ1v) is 3.52. The molecule has 0 aliphatic heterocycles. The number of nitrogens with zero attached hydrogens (tertiary/aromatic N) is 1. The van der Waals surface area contributed by atoms with Gasteiger partial charge in [-0.3, -0.25) is 11.5 Å². The maximum absolute atomic E-state index is 5.16. The van der Waals surface area contributed by atoms with E-state index in [1.807, 2.05) is 25.3 Å². The van der Waals surface area contributed by atoms with Crippen molar-refractivity contribution < 1.29 is 5.10 Å². The molecule has 1 aromatic heterocycles. The zero-order valence-corrected chi connectivity index (χ0v) is 6.83. The highest BCUT2D eigenvalue weighted by Gasteiger charge is 1.96. The quantitative estimate of drug-likeness (QED) is 0.234. The maximum Gasteiger partial charge on any atom is 0.362 e. The lowest BCUT2D eigenvalue weighted by Gasteiger charge is -1.90. The largest absolute Gasteiger partial charge is 0.362 e. The van der Waals surface area contributed by atoms with Crippen molar-refractivity contribution in [3.05, 3.63) is 24.0 Å². The van der Waals surface area contributed by atoms with Crippen molar-refractivity contribution in [1.82, 2.24) is 4.98 Å². The number of nitrogens with two attached hydrogens (primary N) is 2. The number of H-pyrrole nitrogens is 1. The van der Waals surface area contributed by atoms with Crippen LogP contribution in [-0.2, 0) is 0 Å². The maximum atomic E-state index is 5.16. The van der Waals surface area contributed by atoms with Crippen LogP contribution in [0.3, 0.4) is 0 Å². The molecule has 0 amide bonds. The Morgan fingerprint density at radius 2 is 2.33 bits per heavy atom. The molecular formula is C7H12N5+. The van der Waals surface area contributed by atoms with Gasteiger partial charge in [-0.15, -0.1) is 5.10 Å². The predicted octanol–water partition coefficient (Wildman–Crippen LogP) is -1.91. The van der Waals surface area contributed by atoms with Crippen LogP contribution in [0, 0.1) is 0 Å². The van der Waals surface area contributed by atoms with Crippen molar-refractivity contribution in [2.24, 2.45) is 16.6 Å². The van der Waals surface area contributed by atoms with Crippen LogP contribution in [0.1, 0.15) is 12.6 Å². The zero-order valence-electron chi connectivity index (χ0n) is 6.83. The molecule has 0 bridgehead atoms. The molecule has 5 heteroatoms. The van der Waals surface area contributed by atoms with E-state index < -0.39 is 0 Å². The lowest BCUT2D eigenvalue weighted by atomic mass is 10.3. The fourth-order valence-corrected chi connectivity index (χ4v) is 0.764. The highest BCUT2D eigenvalue weighted by atomic mass is 15.3. The minimum Gasteiger partial charge on any atom is -0.360 e. The van der Waals surface area contributed by atoms with Crippen LogP contribution in [0.25, 0.3) is 0 Å². The van der Waals surface area contributed by atoms with Gasteiger partial charge < -0.3 is 4.98 Å². The second-order valence-corrected chi connectivity index (χ2v) is 2.35. The molecule has 1 rings (SSSR count). The smallest absolute Gasteiger partial charge is 0.360 e. The number of guanidine groups is 1. The van der Waals surface area contributed by atoms with E-state index in [4.69, 9.17) is 11.5 Å². The van der Waals surface area contributed by atoms with Crippen molar-refractivity contribution in [3.8, 4) is 0 Å². The van der Waals surface area contributed by atoms with Crippen molar-refractivity contribution in [1.29, 1.82) is 0 Å². The molecule has 6 N–H and O–H groups in total. The molecular weight excluding hydrogens is 154 g/mol. The Hall–Kier alpha value is -1.78. The Morgan fingerprint density at radius 1 is 1.58 bits per heavy atom. The van der Waals surface area contributed by atoms with Crippen LogP contribution >= 0.6 is 0 Å². The molecule has 0 fully saturated rings. The first kappa shape index (κ1) is 8.32. The minimum atomic E-state index is 0.0842. The first-order valence-electron chi connectivity index (χ1n) is 3.52. The van der Waals surface area contributed by atoms with E-state index >= 15 is 0 Å². The molecule has 0 atom stereocenters. The third-order valence-electron chi connectivity index (χ3n) is 1.34. The molecule has 5 nitrogen and oxygen atoms in total. The Bertz CT molecular complexity index is 292. The molecule has 0 saturated carbocycles. The molecule has 64 valence electrons. The Balaban J connectivity index is 2.78. The highest BCUT2D eigenvalue weighted by Crippen LogP contribution is 1.94. The molecule has 0 radical (unpaired) electrons. The van der Waals surface area contributed by atoms with Crippen LogP contribution < -0.4 is 16.6 Å². The standard InChI is InChI=1S/C7H11N5/c1-5(11-12-7(8)9)6-3-2-4-10-6/h2-4,10H,1H3,(H4,8,9,12)/p+1/b11-5+. The van der Waals surface area contributed by atoms with Gasteiger partial charge >= 0.3 is 5.96 Å². The number of hydrazone groups is 1.